The molecule has 4 aliphatic heterocycles. The van der Waals surface area contributed by atoms with Gasteiger partial charge in [0, 0.05) is 25.1 Å². The van der Waals surface area contributed by atoms with E-state index in [1.54, 1.807) is 36.4 Å². The number of aliphatic hydroxyl groups excluding tert-OH is 5. The van der Waals surface area contributed by atoms with Gasteiger partial charge in [-0.1, -0.05) is 48.6 Å². The fourth-order valence-electron chi connectivity index (χ4n) is 7.73. The summed E-state index contributed by atoms with van der Waals surface area (Å²) in [5.41, 5.74) is 1.26. The third-order valence-electron chi connectivity index (χ3n) is 10.4. The number of benzene rings is 2. The van der Waals surface area contributed by atoms with E-state index < -0.39 is 85.1 Å². The lowest BCUT2D eigenvalue weighted by molar-refractivity contribution is -0.298. The van der Waals surface area contributed by atoms with E-state index in [0.717, 1.165) is 11.1 Å². The van der Waals surface area contributed by atoms with E-state index in [-0.39, 0.29) is 52.0 Å². The van der Waals surface area contributed by atoms with Crippen molar-refractivity contribution in [3.63, 3.8) is 0 Å². The van der Waals surface area contributed by atoms with Crippen LogP contribution < -0.4 is 10.6 Å². The molecule has 1 saturated carbocycles. The Morgan fingerprint density at radius 3 is 2.55 bits per heavy atom. The minimum Gasteiger partial charge on any atom is -0.458 e. The molecule has 11 atom stereocenters. The lowest BCUT2D eigenvalue weighted by Gasteiger charge is -2.48. The van der Waals surface area contributed by atoms with E-state index in [9.17, 15) is 34.8 Å². The number of nitrogens with one attached hydrogen (secondary N) is 2. The zero-order valence-corrected chi connectivity index (χ0v) is 28.6. The van der Waals surface area contributed by atoms with E-state index in [1.807, 2.05) is 24.3 Å². The lowest BCUT2D eigenvalue weighted by Crippen LogP contribution is -2.69. The first kappa shape index (κ1) is 37.5. The molecule has 286 valence electrons. The van der Waals surface area contributed by atoms with E-state index >= 15 is 0 Å². The Labute approximate surface area is 303 Å². The highest BCUT2D eigenvalue weighted by Crippen LogP contribution is 2.55. The Morgan fingerprint density at radius 2 is 1.77 bits per heavy atom. The third kappa shape index (κ3) is 7.22. The maximum Gasteiger partial charge on any atom is 0.327 e. The summed E-state index contributed by atoms with van der Waals surface area (Å²) in [6.45, 7) is -0.441. The number of esters is 1. The first-order valence-electron chi connectivity index (χ1n) is 17.5. The monoisotopic (exact) mass is 741 g/mol. The Bertz CT molecular complexity index is 1670. The molecule has 0 aromatic heterocycles. The van der Waals surface area contributed by atoms with Crippen molar-refractivity contribution < 1.29 is 68.4 Å². The summed E-state index contributed by atoms with van der Waals surface area (Å²) >= 11 is 0. The summed E-state index contributed by atoms with van der Waals surface area (Å²) in [5, 5.41) is 55.5. The molecule has 5 aliphatic rings. The number of carbonyl (C=O) groups is 3. The van der Waals surface area contributed by atoms with Crippen molar-refractivity contribution in [1.82, 2.24) is 15.7 Å². The molecule has 1 aliphatic carbocycles. The van der Waals surface area contributed by atoms with Gasteiger partial charge >= 0.3 is 5.97 Å². The molecule has 0 spiro atoms. The quantitative estimate of drug-likeness (QED) is 0.111. The molecule has 17 nitrogen and oxygen atoms in total. The lowest BCUT2D eigenvalue weighted by atomic mass is 9.62. The molecular formula is C36H43N3O14. The van der Waals surface area contributed by atoms with Crippen LogP contribution in [0.3, 0.4) is 0 Å². The van der Waals surface area contributed by atoms with Crippen molar-refractivity contribution in [2.75, 3.05) is 33.2 Å². The number of fused-ring (bicyclic) bond motifs is 4. The number of amides is 2. The maximum absolute atomic E-state index is 14.3. The molecule has 17 heteroatoms. The predicted octanol–water partition coefficient (Wildman–Crippen LogP) is -1.90. The molecule has 0 radical (unpaired) electrons. The summed E-state index contributed by atoms with van der Waals surface area (Å²) in [6, 6.07) is 13.0. The molecule has 2 aromatic rings. The highest BCUT2D eigenvalue weighted by Gasteiger charge is 2.74. The Balaban J connectivity index is 1.02. The van der Waals surface area contributed by atoms with Gasteiger partial charge in [0.1, 0.15) is 61.0 Å². The fourth-order valence-corrected chi connectivity index (χ4v) is 7.73. The number of hydrogen-bond acceptors (Lipinski definition) is 15. The van der Waals surface area contributed by atoms with Crippen molar-refractivity contribution in [2.45, 2.75) is 80.7 Å². The Hall–Kier alpha value is -3.85. The van der Waals surface area contributed by atoms with Gasteiger partial charge in [0.05, 0.1) is 26.4 Å². The van der Waals surface area contributed by atoms with Crippen LogP contribution in [-0.4, -0.2) is 143 Å². The molecule has 2 aromatic carbocycles. The fraction of sp³-hybridized carbons (Fsp3) is 0.528. The van der Waals surface area contributed by atoms with Crippen LogP contribution in [-0.2, 0) is 51.2 Å². The van der Waals surface area contributed by atoms with E-state index in [1.165, 1.54) is 5.06 Å². The second kappa shape index (κ2) is 15.9. The summed E-state index contributed by atoms with van der Waals surface area (Å²) in [6.07, 6.45) is -6.00. The average Bonchev–Trinajstić information content (AvgIpc) is 3.80. The second-order valence-corrected chi connectivity index (χ2v) is 13.6. The SMILES string of the molecule is O=C(NCCO)c1cccc(CNC(=O)C23CC4OC(=O)C2N(Cc2ccc(C=CCOC5OC(CO)C(O)C(O)C5O)cc2)OC3C2OCOC42)c1. The number of carbonyl (C=O) groups excluding carboxylic acids is 3. The first-order chi connectivity index (χ1) is 25.6. The summed E-state index contributed by atoms with van der Waals surface area (Å²) in [7, 11) is 0. The summed E-state index contributed by atoms with van der Waals surface area (Å²) in [4.78, 5) is 46.9. The summed E-state index contributed by atoms with van der Waals surface area (Å²) < 4.78 is 28.4. The topological polar surface area (TPSA) is 235 Å². The van der Waals surface area contributed by atoms with Crippen molar-refractivity contribution in [3.8, 4) is 0 Å². The average molecular weight is 742 g/mol. The molecule has 5 fully saturated rings. The smallest absolute Gasteiger partial charge is 0.327 e. The number of hydroxylamine groups is 2. The van der Waals surface area contributed by atoms with Gasteiger partial charge in [-0.25, -0.2) is 0 Å². The highest BCUT2D eigenvalue weighted by atomic mass is 16.8. The first-order valence-corrected chi connectivity index (χ1v) is 17.5. The number of nitrogens with zero attached hydrogens (tertiary/aromatic N) is 1. The molecule has 53 heavy (non-hydrogen) atoms. The van der Waals surface area contributed by atoms with Gasteiger partial charge in [-0.3, -0.25) is 19.2 Å². The van der Waals surface area contributed by atoms with Gasteiger partial charge in [-0.05, 0) is 28.8 Å². The maximum atomic E-state index is 14.3. The molecule has 2 amide bonds. The largest absolute Gasteiger partial charge is 0.458 e. The standard InChI is InChI=1S/C36H43N3O14/c40-11-10-37-32(45)22-5-1-3-21(13-22)15-38-35(47)36-14-23-28-29(50-18-49-28)31(36)53-39(30(36)33(46)51-23)16-20-8-6-19(7-9-20)4-2-12-48-34-27(44)26(43)25(42)24(17-41)52-34/h1-9,13,23-31,34,40-44H,10-12,14-18H2,(H,37,45)(H,38,47). The van der Waals surface area contributed by atoms with Gasteiger partial charge in [0.2, 0.25) is 5.91 Å². The number of ether oxygens (including phenoxy) is 5. The molecule has 2 bridgehead atoms. The zero-order valence-electron chi connectivity index (χ0n) is 28.6. The predicted molar refractivity (Wildman–Crippen MR) is 179 cm³/mol. The molecule has 11 unspecified atom stereocenters. The molecule has 4 heterocycles. The molecule has 4 saturated heterocycles. The van der Waals surface area contributed by atoms with E-state index in [4.69, 9.17) is 33.6 Å². The summed E-state index contributed by atoms with van der Waals surface area (Å²) in [5.74, 6) is -1.37. The molecular weight excluding hydrogens is 698 g/mol. The van der Waals surface area contributed by atoms with Crippen LogP contribution in [0.2, 0.25) is 0 Å². The van der Waals surface area contributed by atoms with Gasteiger partial charge < -0.3 is 59.9 Å². The van der Waals surface area contributed by atoms with Crippen LogP contribution in [0.15, 0.2) is 54.6 Å². The molecule has 7 rings (SSSR count). The van der Waals surface area contributed by atoms with Crippen LogP contribution in [0.5, 0.6) is 0 Å². The number of rotatable bonds is 13. The zero-order chi connectivity index (χ0) is 37.3. The Morgan fingerprint density at radius 1 is 0.981 bits per heavy atom. The van der Waals surface area contributed by atoms with Crippen LogP contribution in [0.25, 0.3) is 6.08 Å². The van der Waals surface area contributed by atoms with E-state index in [0.29, 0.717) is 11.1 Å². The van der Waals surface area contributed by atoms with Crippen LogP contribution in [0.4, 0.5) is 0 Å². The van der Waals surface area contributed by atoms with Crippen LogP contribution in [0, 0.1) is 5.41 Å². The second-order valence-electron chi connectivity index (χ2n) is 13.6. The number of hydrogen-bond donors (Lipinski definition) is 7. The van der Waals surface area contributed by atoms with Crippen molar-refractivity contribution >= 4 is 23.9 Å². The Kier molecular flexibility index (Phi) is 11.2. The van der Waals surface area contributed by atoms with Gasteiger partial charge in [-0.15, -0.1) is 0 Å². The minimum absolute atomic E-state index is 0.00171. The molecule has 7 N–H and O–H groups in total. The van der Waals surface area contributed by atoms with Crippen LogP contribution in [0.1, 0.15) is 33.5 Å². The minimum atomic E-state index is -1.53. The van der Waals surface area contributed by atoms with Gasteiger partial charge in [-0.2, -0.15) is 5.06 Å². The van der Waals surface area contributed by atoms with E-state index in [2.05, 4.69) is 10.6 Å². The van der Waals surface area contributed by atoms with Crippen molar-refractivity contribution in [3.05, 3.63) is 76.9 Å². The highest BCUT2D eigenvalue weighted by molar-refractivity contribution is 5.95. The number of aliphatic hydroxyl groups is 5. The van der Waals surface area contributed by atoms with Crippen LogP contribution >= 0.6 is 0 Å². The van der Waals surface area contributed by atoms with Gasteiger partial charge in [0.15, 0.2) is 12.3 Å². The van der Waals surface area contributed by atoms with Crippen molar-refractivity contribution in [1.29, 1.82) is 0 Å². The van der Waals surface area contributed by atoms with Gasteiger partial charge in [0.25, 0.3) is 5.91 Å². The normalized spacial score (nSPS) is 34.8. The van der Waals surface area contributed by atoms with Crippen molar-refractivity contribution in [2.24, 2.45) is 5.41 Å². The third-order valence-corrected chi connectivity index (χ3v) is 10.4.